The van der Waals surface area contributed by atoms with Gasteiger partial charge in [-0.05, 0) is 36.2 Å². The molecule has 1 amide bonds. The summed E-state index contributed by atoms with van der Waals surface area (Å²) in [5.41, 5.74) is 4.42. The van der Waals surface area contributed by atoms with E-state index in [1.54, 1.807) is 18.4 Å². The molecule has 1 aliphatic rings. The molecule has 3 aromatic rings. The van der Waals surface area contributed by atoms with Crippen molar-refractivity contribution in [2.45, 2.75) is 25.9 Å². The van der Waals surface area contributed by atoms with Crippen LogP contribution in [0.3, 0.4) is 0 Å². The first-order valence-electron chi connectivity index (χ1n) is 9.06. The number of aryl methyl sites for hydroxylation is 1. The number of para-hydroxylation sites is 1. The minimum absolute atomic E-state index is 0.0148. The molecule has 27 heavy (non-hydrogen) atoms. The SMILES string of the molecule is COCCC(=O)NCC1Cc2cc(C)cc(-c3nc4ccccc4s3)c2O1. The number of fused-ring (bicyclic) bond motifs is 2. The molecule has 0 spiro atoms. The zero-order valence-corrected chi connectivity index (χ0v) is 16.3. The van der Waals surface area contributed by atoms with Crippen molar-refractivity contribution < 1.29 is 14.3 Å². The summed E-state index contributed by atoms with van der Waals surface area (Å²) in [6, 6.07) is 12.5. The number of ether oxygens (including phenoxy) is 2. The molecule has 1 atom stereocenters. The number of aromatic nitrogens is 1. The first-order chi connectivity index (χ1) is 13.1. The molecule has 6 heteroatoms. The Hall–Kier alpha value is -2.44. The van der Waals surface area contributed by atoms with Crippen molar-refractivity contribution in [3.05, 3.63) is 47.5 Å². The topological polar surface area (TPSA) is 60.5 Å². The lowest BCUT2D eigenvalue weighted by Crippen LogP contribution is -2.34. The Morgan fingerprint density at radius 2 is 2.22 bits per heavy atom. The minimum atomic E-state index is -0.0542. The van der Waals surface area contributed by atoms with Gasteiger partial charge in [-0.25, -0.2) is 4.98 Å². The fourth-order valence-electron chi connectivity index (χ4n) is 3.36. The predicted octanol–water partition coefficient (Wildman–Crippen LogP) is 3.73. The number of benzene rings is 2. The highest BCUT2D eigenvalue weighted by atomic mass is 32.1. The number of hydrogen-bond donors (Lipinski definition) is 1. The lowest BCUT2D eigenvalue weighted by molar-refractivity contribution is -0.122. The van der Waals surface area contributed by atoms with Gasteiger partial charge in [0, 0.05) is 20.0 Å². The second-order valence-electron chi connectivity index (χ2n) is 6.78. The summed E-state index contributed by atoms with van der Waals surface area (Å²) < 4.78 is 12.3. The maximum Gasteiger partial charge on any atom is 0.222 e. The number of methoxy groups -OCH3 is 1. The van der Waals surface area contributed by atoms with Crippen LogP contribution in [0.15, 0.2) is 36.4 Å². The molecule has 140 valence electrons. The summed E-state index contributed by atoms with van der Waals surface area (Å²) in [5.74, 6) is 0.884. The summed E-state index contributed by atoms with van der Waals surface area (Å²) >= 11 is 1.68. The lowest BCUT2D eigenvalue weighted by Gasteiger charge is -2.13. The molecule has 0 saturated carbocycles. The van der Waals surface area contributed by atoms with Gasteiger partial charge in [-0.15, -0.1) is 11.3 Å². The molecule has 1 N–H and O–H groups in total. The van der Waals surface area contributed by atoms with Crippen LogP contribution in [-0.2, 0) is 16.0 Å². The summed E-state index contributed by atoms with van der Waals surface area (Å²) in [7, 11) is 1.59. The van der Waals surface area contributed by atoms with Crippen LogP contribution in [0.4, 0.5) is 0 Å². The van der Waals surface area contributed by atoms with Crippen LogP contribution >= 0.6 is 11.3 Å². The molecule has 0 saturated heterocycles. The first-order valence-corrected chi connectivity index (χ1v) is 9.87. The van der Waals surface area contributed by atoms with Crippen molar-refractivity contribution in [2.75, 3.05) is 20.3 Å². The normalized spacial score (nSPS) is 15.6. The largest absolute Gasteiger partial charge is 0.487 e. The van der Waals surface area contributed by atoms with Gasteiger partial charge in [0.1, 0.15) is 16.9 Å². The van der Waals surface area contributed by atoms with E-state index in [4.69, 9.17) is 14.5 Å². The summed E-state index contributed by atoms with van der Waals surface area (Å²) in [4.78, 5) is 16.6. The molecular formula is C21H22N2O3S. The Labute approximate surface area is 162 Å². The summed E-state index contributed by atoms with van der Waals surface area (Å²) in [6.45, 7) is 3.02. The molecule has 2 aromatic carbocycles. The number of rotatable bonds is 6. The monoisotopic (exact) mass is 382 g/mol. The maximum atomic E-state index is 11.8. The predicted molar refractivity (Wildman–Crippen MR) is 107 cm³/mol. The number of thiazole rings is 1. The highest BCUT2D eigenvalue weighted by Crippen LogP contribution is 2.42. The Morgan fingerprint density at radius 1 is 1.37 bits per heavy atom. The molecule has 2 heterocycles. The molecule has 1 unspecified atom stereocenters. The van der Waals surface area contributed by atoms with Crippen LogP contribution in [-0.4, -0.2) is 37.3 Å². The van der Waals surface area contributed by atoms with Gasteiger partial charge >= 0.3 is 0 Å². The van der Waals surface area contributed by atoms with E-state index in [0.717, 1.165) is 28.3 Å². The fraction of sp³-hybridized carbons (Fsp3) is 0.333. The average molecular weight is 382 g/mol. The van der Waals surface area contributed by atoms with Gasteiger partial charge in [0.15, 0.2) is 0 Å². The Kier molecular flexibility index (Phi) is 5.09. The third-order valence-corrected chi connectivity index (χ3v) is 5.70. The van der Waals surface area contributed by atoms with Gasteiger partial charge in [-0.2, -0.15) is 0 Å². The van der Waals surface area contributed by atoms with Gasteiger partial charge in [0.25, 0.3) is 0 Å². The van der Waals surface area contributed by atoms with Gasteiger partial charge in [0.05, 0.1) is 28.9 Å². The van der Waals surface area contributed by atoms with Crippen molar-refractivity contribution in [1.29, 1.82) is 0 Å². The molecule has 0 radical (unpaired) electrons. The summed E-state index contributed by atoms with van der Waals surface area (Å²) in [6.07, 6.45) is 1.10. The Balaban J connectivity index is 1.55. The number of carbonyl (C=O) groups is 1. The minimum Gasteiger partial charge on any atom is -0.487 e. The van der Waals surface area contributed by atoms with Crippen molar-refractivity contribution in [1.82, 2.24) is 10.3 Å². The van der Waals surface area contributed by atoms with E-state index in [-0.39, 0.29) is 12.0 Å². The number of carbonyl (C=O) groups excluding carboxylic acids is 1. The van der Waals surface area contributed by atoms with E-state index in [2.05, 4.69) is 30.4 Å². The fourth-order valence-corrected chi connectivity index (χ4v) is 4.34. The van der Waals surface area contributed by atoms with Gasteiger partial charge < -0.3 is 14.8 Å². The van der Waals surface area contributed by atoms with E-state index >= 15 is 0 Å². The highest BCUT2D eigenvalue weighted by Gasteiger charge is 2.27. The number of nitrogens with one attached hydrogen (secondary N) is 1. The molecule has 5 nitrogen and oxygen atoms in total. The van der Waals surface area contributed by atoms with Crippen LogP contribution < -0.4 is 10.1 Å². The second kappa shape index (κ2) is 7.66. The highest BCUT2D eigenvalue weighted by molar-refractivity contribution is 7.21. The van der Waals surface area contributed by atoms with Crippen LogP contribution in [0.5, 0.6) is 5.75 Å². The second-order valence-corrected chi connectivity index (χ2v) is 7.81. The first kappa shape index (κ1) is 17.9. The standard InChI is InChI=1S/C21H22N2O3S/c1-13-9-14-11-15(12-22-19(24)7-8-25-2)26-20(14)16(10-13)21-23-17-5-3-4-6-18(17)27-21/h3-6,9-10,15H,7-8,11-12H2,1-2H3,(H,22,24). The third kappa shape index (κ3) is 3.82. The molecule has 0 bridgehead atoms. The van der Waals surface area contributed by atoms with Crippen molar-refractivity contribution >= 4 is 27.5 Å². The molecule has 1 aromatic heterocycles. The maximum absolute atomic E-state index is 11.8. The zero-order valence-electron chi connectivity index (χ0n) is 15.5. The van der Waals surface area contributed by atoms with E-state index in [1.807, 2.05) is 18.2 Å². The van der Waals surface area contributed by atoms with Crippen LogP contribution in [0.1, 0.15) is 17.5 Å². The lowest BCUT2D eigenvalue weighted by atomic mass is 10.0. The summed E-state index contributed by atoms with van der Waals surface area (Å²) in [5, 5.41) is 3.91. The number of nitrogens with zero attached hydrogens (tertiary/aromatic N) is 1. The van der Waals surface area contributed by atoms with Crippen molar-refractivity contribution in [3.63, 3.8) is 0 Å². The third-order valence-electron chi connectivity index (χ3n) is 4.63. The van der Waals surface area contributed by atoms with Gasteiger partial charge in [-0.1, -0.05) is 18.2 Å². The molecule has 0 aliphatic carbocycles. The number of hydrogen-bond acceptors (Lipinski definition) is 5. The molecule has 4 rings (SSSR count). The quantitative estimate of drug-likeness (QED) is 0.706. The molecule has 1 aliphatic heterocycles. The number of amides is 1. The smallest absolute Gasteiger partial charge is 0.222 e. The van der Waals surface area contributed by atoms with E-state index in [1.165, 1.54) is 15.8 Å². The van der Waals surface area contributed by atoms with Gasteiger partial charge in [0.2, 0.25) is 5.91 Å². The Morgan fingerprint density at radius 3 is 3.04 bits per heavy atom. The van der Waals surface area contributed by atoms with Crippen LogP contribution in [0.25, 0.3) is 20.8 Å². The molecular weight excluding hydrogens is 360 g/mol. The Bertz CT molecular complexity index is 950. The van der Waals surface area contributed by atoms with Crippen LogP contribution in [0.2, 0.25) is 0 Å². The average Bonchev–Trinajstić information content (AvgIpc) is 3.27. The van der Waals surface area contributed by atoms with Crippen molar-refractivity contribution in [2.24, 2.45) is 0 Å². The van der Waals surface area contributed by atoms with E-state index in [9.17, 15) is 4.79 Å². The van der Waals surface area contributed by atoms with Crippen LogP contribution in [0, 0.1) is 6.92 Å². The van der Waals surface area contributed by atoms with Crippen molar-refractivity contribution in [3.8, 4) is 16.3 Å². The van der Waals surface area contributed by atoms with E-state index < -0.39 is 0 Å². The zero-order chi connectivity index (χ0) is 18.8. The molecule has 0 fully saturated rings. The van der Waals surface area contributed by atoms with E-state index in [0.29, 0.717) is 19.6 Å². The van der Waals surface area contributed by atoms with Gasteiger partial charge in [-0.3, -0.25) is 4.79 Å².